The molecule has 0 aliphatic heterocycles. The summed E-state index contributed by atoms with van der Waals surface area (Å²) < 4.78 is 0. The Bertz CT molecular complexity index is 394. The summed E-state index contributed by atoms with van der Waals surface area (Å²) in [6.45, 7) is -1.70. The Hall–Kier alpha value is -0.462. The molecule has 1 atom stereocenters. The van der Waals surface area contributed by atoms with Crippen LogP contribution in [0.1, 0.15) is 6.92 Å². The van der Waals surface area contributed by atoms with Gasteiger partial charge in [-0.3, -0.25) is 9.80 Å². The molecule has 4 N–H and O–H groups in total. The van der Waals surface area contributed by atoms with Crippen LogP contribution >= 0.6 is 0 Å². The maximum atomic E-state index is 10.5. The Morgan fingerprint density at radius 3 is 1.28 bits per heavy atom. The first-order valence-corrected chi connectivity index (χ1v) is 5.87. The monoisotopic (exact) mass is 482 g/mol. The van der Waals surface area contributed by atoms with Crippen LogP contribution in [0.2, 0.25) is 0 Å². The fourth-order valence-corrected chi connectivity index (χ4v) is 1.74. The Balaban J connectivity index is -0.000000333. The van der Waals surface area contributed by atoms with Crippen LogP contribution in [0, 0.1) is 0 Å². The smallest absolute Gasteiger partial charge is 0.549 e. The SMILES string of the molecule is CC(CN(CC(=O)[O-])CC(=O)[O-])N(CC(=O)[O-])CC(=O)[O-].O.O.[Na+].[Sb+3]. The van der Waals surface area contributed by atoms with Gasteiger partial charge >= 0.3 is 54.0 Å². The van der Waals surface area contributed by atoms with E-state index in [1.165, 1.54) is 6.92 Å². The Labute approximate surface area is 183 Å². The molecule has 0 saturated heterocycles. The predicted octanol–water partition coefficient (Wildman–Crippen LogP) is -12.0. The average molecular weight is 483 g/mol. The van der Waals surface area contributed by atoms with Crippen LogP contribution in [0.15, 0.2) is 0 Å². The van der Waals surface area contributed by atoms with Gasteiger partial charge < -0.3 is 50.6 Å². The fourth-order valence-electron chi connectivity index (χ4n) is 1.74. The van der Waals surface area contributed by atoms with Crippen molar-refractivity contribution in [3.63, 3.8) is 0 Å². The summed E-state index contributed by atoms with van der Waals surface area (Å²) >= 11 is 0. The molecule has 0 aliphatic carbocycles. The maximum absolute atomic E-state index is 10.5. The van der Waals surface area contributed by atoms with Gasteiger partial charge in [0.25, 0.3) is 0 Å². The van der Waals surface area contributed by atoms with E-state index in [1.807, 2.05) is 0 Å². The van der Waals surface area contributed by atoms with E-state index in [9.17, 15) is 39.6 Å². The molecular weight excluding hydrogens is 465 g/mol. The van der Waals surface area contributed by atoms with Gasteiger partial charge in [0.2, 0.25) is 0 Å². The van der Waals surface area contributed by atoms with E-state index in [0.29, 0.717) is 0 Å². The minimum atomic E-state index is -1.53. The van der Waals surface area contributed by atoms with Crippen molar-refractivity contribution in [2.45, 2.75) is 13.0 Å². The van der Waals surface area contributed by atoms with Gasteiger partial charge in [-0.25, -0.2) is 0 Å². The van der Waals surface area contributed by atoms with Gasteiger partial charge in [0.1, 0.15) is 0 Å². The van der Waals surface area contributed by atoms with Crippen LogP contribution in [-0.2, 0) is 19.2 Å². The number of nitrogens with zero attached hydrogens (tertiary/aromatic N) is 2. The molecule has 0 rings (SSSR count). The number of hydrogen-bond acceptors (Lipinski definition) is 10. The van der Waals surface area contributed by atoms with Crippen molar-refractivity contribution in [3.8, 4) is 0 Å². The second kappa shape index (κ2) is 18.3. The molecule has 0 aromatic carbocycles. The molecule has 0 aliphatic rings. The zero-order chi connectivity index (χ0) is 16.6. The number of carbonyl (C=O) groups is 4. The molecule has 0 aromatic rings. The second-order valence-corrected chi connectivity index (χ2v) is 4.41. The summed E-state index contributed by atoms with van der Waals surface area (Å²) in [6.07, 6.45) is 0. The molecule has 1 unspecified atom stereocenters. The number of carboxylic acid groups (broad SMARTS) is 4. The molecule has 0 saturated carbocycles. The second-order valence-electron chi connectivity index (χ2n) is 4.41. The summed E-state index contributed by atoms with van der Waals surface area (Å²) in [5.41, 5.74) is 0. The third kappa shape index (κ3) is 19.7. The first-order chi connectivity index (χ1) is 9.61. The number of hydrogen-bond donors (Lipinski definition) is 0. The fraction of sp³-hybridized carbons (Fsp3) is 0.636. The van der Waals surface area contributed by atoms with Gasteiger partial charge in [0.15, 0.2) is 0 Å². The van der Waals surface area contributed by atoms with Crippen LogP contribution in [0.3, 0.4) is 0 Å². The third-order valence-electron chi connectivity index (χ3n) is 2.52. The van der Waals surface area contributed by atoms with Gasteiger partial charge in [0, 0.05) is 38.8 Å². The number of aliphatic carboxylic acids is 4. The first-order valence-electron chi connectivity index (χ1n) is 5.87. The van der Waals surface area contributed by atoms with Crippen LogP contribution < -0.4 is 50.0 Å². The zero-order valence-electron chi connectivity index (χ0n) is 13.7. The third-order valence-corrected chi connectivity index (χ3v) is 2.52. The molecular formula is C11H18N2NaO10Sb. The normalized spacial score (nSPS) is 10.4. The van der Waals surface area contributed by atoms with E-state index in [-0.39, 0.29) is 71.5 Å². The molecule has 2 radical (unpaired) electrons. The van der Waals surface area contributed by atoms with Crippen molar-refractivity contribution in [2.24, 2.45) is 0 Å². The Kier molecular flexibility index (Phi) is 26.1. The van der Waals surface area contributed by atoms with Crippen molar-refractivity contribution >= 4 is 48.3 Å². The van der Waals surface area contributed by atoms with E-state index >= 15 is 0 Å². The molecule has 0 fully saturated rings. The summed E-state index contributed by atoms with van der Waals surface area (Å²) in [6, 6.07) is -0.778. The summed E-state index contributed by atoms with van der Waals surface area (Å²) in [5, 5.41) is 42.1. The van der Waals surface area contributed by atoms with Gasteiger partial charge in [-0.1, -0.05) is 0 Å². The van der Waals surface area contributed by atoms with Crippen molar-refractivity contribution in [3.05, 3.63) is 0 Å². The molecule has 12 nitrogen and oxygen atoms in total. The number of carboxylic acids is 4. The largest absolute Gasteiger partial charge is 3.00 e. The van der Waals surface area contributed by atoms with Gasteiger partial charge in [-0.15, -0.1) is 0 Å². The maximum Gasteiger partial charge on any atom is 3.00 e. The van der Waals surface area contributed by atoms with E-state index in [1.54, 1.807) is 0 Å². The van der Waals surface area contributed by atoms with E-state index in [0.717, 1.165) is 9.80 Å². The van der Waals surface area contributed by atoms with Crippen molar-refractivity contribution in [1.29, 1.82) is 0 Å². The molecule has 0 heterocycles. The van der Waals surface area contributed by atoms with Crippen molar-refractivity contribution in [2.75, 3.05) is 32.7 Å². The number of rotatable bonds is 11. The van der Waals surface area contributed by atoms with Gasteiger partial charge in [-0.05, 0) is 6.92 Å². The van der Waals surface area contributed by atoms with E-state index in [4.69, 9.17) is 0 Å². The van der Waals surface area contributed by atoms with Gasteiger partial charge in [0.05, 0.1) is 23.9 Å². The molecule has 138 valence electrons. The van der Waals surface area contributed by atoms with Gasteiger partial charge in [-0.2, -0.15) is 0 Å². The molecule has 0 spiro atoms. The molecule has 14 heteroatoms. The summed E-state index contributed by atoms with van der Waals surface area (Å²) in [7, 11) is 0. The predicted molar refractivity (Wildman–Crippen MR) is 70.5 cm³/mol. The Morgan fingerprint density at radius 1 is 0.760 bits per heavy atom. The molecule has 0 bridgehead atoms. The minimum Gasteiger partial charge on any atom is -0.549 e. The Morgan fingerprint density at radius 2 is 1.04 bits per heavy atom. The summed E-state index contributed by atoms with van der Waals surface area (Å²) in [4.78, 5) is 44.0. The van der Waals surface area contributed by atoms with E-state index in [2.05, 4.69) is 0 Å². The molecule has 0 aromatic heterocycles. The first kappa shape index (κ1) is 35.6. The average Bonchev–Trinajstić information content (AvgIpc) is 2.24. The van der Waals surface area contributed by atoms with Crippen LogP contribution in [0.5, 0.6) is 0 Å². The van der Waals surface area contributed by atoms with Crippen LogP contribution in [0.25, 0.3) is 0 Å². The quantitative estimate of drug-likeness (QED) is 0.252. The van der Waals surface area contributed by atoms with Crippen LogP contribution in [-0.4, -0.2) is 108 Å². The van der Waals surface area contributed by atoms with Crippen LogP contribution in [0.4, 0.5) is 0 Å². The minimum absolute atomic E-state index is 0. The zero-order valence-corrected chi connectivity index (χ0v) is 18.3. The molecule has 0 amide bonds. The molecule has 25 heavy (non-hydrogen) atoms. The van der Waals surface area contributed by atoms with Crippen molar-refractivity contribution < 1.29 is 80.1 Å². The number of carbonyl (C=O) groups excluding carboxylic acids is 4. The topological polar surface area (TPSA) is 230 Å². The van der Waals surface area contributed by atoms with E-state index < -0.39 is 56.1 Å². The summed E-state index contributed by atoms with van der Waals surface area (Å²) in [5.74, 6) is -6.13. The standard InChI is InChI=1S/C11H18N2O8.Na.2H2O.Sb/c1-7(13(5-10(18)19)6-11(20)21)2-12(3-8(14)15)4-9(16)17;;;;/h7H,2-6H2,1H3,(H,14,15)(H,16,17)(H,18,19)(H,20,21);;2*1H2;/q;+1;;;+3/p-4. The van der Waals surface area contributed by atoms with Crippen molar-refractivity contribution in [1.82, 2.24) is 9.80 Å².